The van der Waals surface area contributed by atoms with E-state index >= 15 is 0 Å². The Morgan fingerprint density at radius 1 is 1.06 bits per heavy atom. The molecule has 1 amide bonds. The van der Waals surface area contributed by atoms with Crippen molar-refractivity contribution in [1.82, 2.24) is 25.2 Å². The van der Waals surface area contributed by atoms with Gasteiger partial charge in [-0.3, -0.25) is 9.59 Å². The molecule has 0 radical (unpaired) electrons. The number of para-hydroxylation sites is 2. The van der Waals surface area contributed by atoms with Gasteiger partial charge in [-0.2, -0.15) is 0 Å². The summed E-state index contributed by atoms with van der Waals surface area (Å²) in [7, 11) is 0. The van der Waals surface area contributed by atoms with Crippen LogP contribution in [-0.2, 0) is 0 Å². The number of fused-ring (bicyclic) bond motifs is 2. The number of carbonyl (C=O) groups excluding carboxylic acids is 1. The Morgan fingerprint density at radius 3 is 2.73 bits per heavy atom. The summed E-state index contributed by atoms with van der Waals surface area (Å²) in [5, 5.41) is 3.70. The third-order valence-corrected chi connectivity index (χ3v) is 6.32. The summed E-state index contributed by atoms with van der Waals surface area (Å²) in [6.45, 7) is 4.15. The van der Waals surface area contributed by atoms with Crippen LogP contribution in [0.3, 0.4) is 0 Å². The lowest BCUT2D eigenvalue weighted by molar-refractivity contribution is 0.0953. The molecule has 1 fully saturated rings. The largest absolute Gasteiger partial charge is 0.396 e. The molecule has 2 aromatic heterocycles. The Kier molecular flexibility index (Phi) is 5.83. The molecule has 1 aliphatic rings. The smallest absolute Gasteiger partial charge is 0.276 e. The predicted molar refractivity (Wildman–Crippen MR) is 131 cm³/mol. The molecular weight excluding hydrogens is 416 g/mol. The van der Waals surface area contributed by atoms with Gasteiger partial charge in [0.25, 0.3) is 11.5 Å². The summed E-state index contributed by atoms with van der Waals surface area (Å²) >= 11 is 0. The number of nitrogen functional groups attached to an aromatic ring is 1. The van der Waals surface area contributed by atoms with Crippen LogP contribution in [0.5, 0.6) is 0 Å². The van der Waals surface area contributed by atoms with Gasteiger partial charge in [-0.05, 0) is 75.6 Å². The number of aromatic amines is 2. The van der Waals surface area contributed by atoms with Crippen molar-refractivity contribution in [3.63, 3.8) is 0 Å². The van der Waals surface area contributed by atoms with E-state index < -0.39 is 0 Å². The maximum atomic E-state index is 12.7. The number of carbonyl (C=O) groups is 1. The number of hydrogen-bond donors (Lipinski definition) is 4. The number of likely N-dealkylation sites (tertiary alicyclic amines) is 1. The molecule has 1 aliphatic heterocycles. The number of nitrogens with two attached hydrogens (primary N) is 1. The van der Waals surface area contributed by atoms with Crippen molar-refractivity contribution in [3.8, 4) is 11.4 Å². The fourth-order valence-electron chi connectivity index (χ4n) is 4.51. The Morgan fingerprint density at radius 2 is 1.88 bits per heavy atom. The molecule has 0 saturated carbocycles. The average molecular weight is 445 g/mol. The zero-order valence-corrected chi connectivity index (χ0v) is 18.5. The SMILES string of the molecule is Nc1c(-c2nc3ccccc3[nH]c2=O)[nH]c2ccc(C(=O)NCCCCN3CCCC3)cc12. The highest BCUT2D eigenvalue weighted by Crippen LogP contribution is 2.31. The molecule has 0 unspecified atom stereocenters. The standard InChI is InChI=1S/C25H28N6O2/c26-21-17-15-16(24(32)27-11-3-4-12-31-13-5-6-14-31)9-10-18(17)28-22(21)23-25(33)30-20-8-2-1-7-19(20)29-23/h1-2,7-10,15,28H,3-6,11-14,26H2,(H,27,32)(H,30,33). The van der Waals surface area contributed by atoms with Crippen molar-refractivity contribution >= 4 is 33.5 Å². The highest BCUT2D eigenvalue weighted by Gasteiger charge is 2.17. The summed E-state index contributed by atoms with van der Waals surface area (Å²) in [5.74, 6) is -0.123. The van der Waals surface area contributed by atoms with Crippen molar-refractivity contribution in [2.24, 2.45) is 0 Å². The zero-order chi connectivity index (χ0) is 22.8. The summed E-state index contributed by atoms with van der Waals surface area (Å²) in [6.07, 6.45) is 4.64. The Labute approximate surface area is 191 Å². The van der Waals surface area contributed by atoms with Gasteiger partial charge >= 0.3 is 0 Å². The third-order valence-electron chi connectivity index (χ3n) is 6.32. The lowest BCUT2D eigenvalue weighted by atomic mass is 10.1. The van der Waals surface area contributed by atoms with Crippen LogP contribution >= 0.6 is 0 Å². The molecule has 4 aromatic rings. The molecule has 8 heteroatoms. The van der Waals surface area contributed by atoms with Gasteiger partial charge < -0.3 is 25.9 Å². The van der Waals surface area contributed by atoms with Gasteiger partial charge in [0.2, 0.25) is 0 Å². The van der Waals surface area contributed by atoms with Gasteiger partial charge in [-0.1, -0.05) is 12.1 Å². The van der Waals surface area contributed by atoms with E-state index in [1.165, 1.54) is 25.9 Å². The van der Waals surface area contributed by atoms with Crippen molar-refractivity contribution in [2.75, 3.05) is 31.9 Å². The number of unbranched alkanes of at least 4 members (excludes halogenated alkanes) is 1. The molecule has 5 rings (SSSR count). The Bertz CT molecular complexity index is 1370. The zero-order valence-electron chi connectivity index (χ0n) is 18.5. The van der Waals surface area contributed by atoms with Crippen LogP contribution in [0.2, 0.25) is 0 Å². The summed E-state index contributed by atoms with van der Waals surface area (Å²) in [6, 6.07) is 12.7. The number of H-pyrrole nitrogens is 2. The van der Waals surface area contributed by atoms with Crippen LogP contribution in [-0.4, -0.2) is 51.9 Å². The number of nitrogens with one attached hydrogen (secondary N) is 3. The van der Waals surface area contributed by atoms with Crippen molar-refractivity contribution in [2.45, 2.75) is 25.7 Å². The van der Waals surface area contributed by atoms with E-state index in [-0.39, 0.29) is 17.2 Å². The topological polar surface area (TPSA) is 120 Å². The second-order valence-corrected chi connectivity index (χ2v) is 8.62. The highest BCUT2D eigenvalue weighted by atomic mass is 16.1. The molecule has 0 bridgehead atoms. The monoisotopic (exact) mass is 444 g/mol. The molecule has 5 N–H and O–H groups in total. The summed E-state index contributed by atoms with van der Waals surface area (Å²) in [5.41, 5.74) is 9.79. The van der Waals surface area contributed by atoms with E-state index in [1.54, 1.807) is 18.2 Å². The van der Waals surface area contributed by atoms with Crippen LogP contribution in [0.1, 0.15) is 36.0 Å². The maximum Gasteiger partial charge on any atom is 0.276 e. The van der Waals surface area contributed by atoms with Gasteiger partial charge in [-0.25, -0.2) is 4.98 Å². The normalized spacial score (nSPS) is 14.3. The third kappa shape index (κ3) is 4.34. The molecule has 0 aliphatic carbocycles. The number of amides is 1. The second kappa shape index (κ2) is 9.07. The number of rotatable bonds is 7. The second-order valence-electron chi connectivity index (χ2n) is 8.62. The lowest BCUT2D eigenvalue weighted by Crippen LogP contribution is -2.26. The number of benzene rings is 2. The highest BCUT2D eigenvalue weighted by molar-refractivity contribution is 6.04. The number of nitrogens with zero attached hydrogens (tertiary/aromatic N) is 2. The quantitative estimate of drug-likeness (QED) is 0.326. The van der Waals surface area contributed by atoms with Crippen molar-refractivity contribution < 1.29 is 4.79 Å². The first-order valence-corrected chi connectivity index (χ1v) is 11.5. The van der Waals surface area contributed by atoms with E-state index in [4.69, 9.17) is 5.73 Å². The van der Waals surface area contributed by atoms with Gasteiger partial charge in [0.1, 0.15) is 0 Å². The van der Waals surface area contributed by atoms with E-state index in [1.807, 2.05) is 24.3 Å². The molecule has 0 atom stereocenters. The van der Waals surface area contributed by atoms with Crippen molar-refractivity contribution in [3.05, 3.63) is 58.4 Å². The van der Waals surface area contributed by atoms with E-state index in [2.05, 4.69) is 25.2 Å². The fraction of sp³-hybridized carbons (Fsp3) is 0.320. The fourth-order valence-corrected chi connectivity index (χ4v) is 4.51. The molecule has 0 spiro atoms. The van der Waals surface area contributed by atoms with Crippen LogP contribution in [0.25, 0.3) is 33.3 Å². The molecule has 8 nitrogen and oxygen atoms in total. The number of aromatic nitrogens is 3. The van der Waals surface area contributed by atoms with Gasteiger partial charge in [0.05, 0.1) is 22.4 Å². The maximum absolute atomic E-state index is 12.7. The minimum Gasteiger partial charge on any atom is -0.396 e. The van der Waals surface area contributed by atoms with Gasteiger partial charge in [-0.15, -0.1) is 0 Å². The summed E-state index contributed by atoms with van der Waals surface area (Å²) in [4.78, 5) is 38.3. The van der Waals surface area contributed by atoms with Gasteiger partial charge in [0, 0.05) is 23.0 Å². The Hall–Kier alpha value is -3.65. The molecular formula is C25H28N6O2. The molecule has 33 heavy (non-hydrogen) atoms. The minimum atomic E-state index is -0.321. The molecule has 1 saturated heterocycles. The first kappa shape index (κ1) is 21.2. The van der Waals surface area contributed by atoms with E-state index in [0.717, 1.165) is 24.9 Å². The first-order chi connectivity index (χ1) is 16.1. The van der Waals surface area contributed by atoms with Crippen LogP contribution in [0.4, 0.5) is 5.69 Å². The Balaban J connectivity index is 1.31. The van der Waals surface area contributed by atoms with Crippen molar-refractivity contribution in [1.29, 1.82) is 0 Å². The minimum absolute atomic E-state index is 0.123. The first-order valence-electron chi connectivity index (χ1n) is 11.5. The average Bonchev–Trinajstić information content (AvgIpc) is 3.46. The van der Waals surface area contributed by atoms with Crippen LogP contribution < -0.4 is 16.6 Å². The number of anilines is 1. The molecule has 170 valence electrons. The predicted octanol–water partition coefficient (Wildman–Crippen LogP) is 3.26. The summed E-state index contributed by atoms with van der Waals surface area (Å²) < 4.78 is 0. The van der Waals surface area contributed by atoms with Crippen LogP contribution in [0, 0.1) is 0 Å². The van der Waals surface area contributed by atoms with E-state index in [0.29, 0.717) is 39.9 Å². The lowest BCUT2D eigenvalue weighted by Gasteiger charge is -2.14. The number of hydrogen-bond acceptors (Lipinski definition) is 5. The molecule has 2 aromatic carbocycles. The molecule has 3 heterocycles. The van der Waals surface area contributed by atoms with E-state index in [9.17, 15) is 9.59 Å². The van der Waals surface area contributed by atoms with Gasteiger partial charge in [0.15, 0.2) is 5.69 Å². The van der Waals surface area contributed by atoms with Crippen LogP contribution in [0.15, 0.2) is 47.3 Å².